The van der Waals surface area contributed by atoms with Gasteiger partial charge in [0.1, 0.15) is 0 Å². The molecule has 2 aromatic heterocycles. The molecule has 7 aromatic carbocycles. The lowest BCUT2D eigenvalue weighted by atomic mass is 9.90. The van der Waals surface area contributed by atoms with Crippen LogP contribution in [0.25, 0.3) is 78.5 Å². The predicted octanol–water partition coefficient (Wildman–Crippen LogP) is 10.7. The van der Waals surface area contributed by atoms with Gasteiger partial charge in [-0.05, 0) is 101 Å². The summed E-state index contributed by atoms with van der Waals surface area (Å²) in [5, 5.41) is 15.8. The van der Waals surface area contributed by atoms with E-state index in [9.17, 15) is 5.26 Å². The van der Waals surface area contributed by atoms with Crippen molar-refractivity contribution in [2.75, 3.05) is 0 Å². The van der Waals surface area contributed by atoms with Crippen molar-refractivity contribution in [1.29, 1.82) is 5.26 Å². The molecule has 2 heterocycles. The Morgan fingerprint density at radius 2 is 1.15 bits per heavy atom. The molecule has 3 heteroatoms. The molecule has 0 N–H and O–H groups in total. The summed E-state index contributed by atoms with van der Waals surface area (Å²) in [6.07, 6.45) is 5.83. The molecule has 1 aliphatic carbocycles. The SMILES string of the molecule is N#Cc1ccc(-n2c3ccc(C4C=c5c(n(-c6ccccc6)c6ccccc56)=CC4)cc3c3ccc(-c4cccc(-c5ccccc5)c4)cc32)cc1. The highest BCUT2D eigenvalue weighted by Gasteiger charge is 2.20. The molecule has 0 saturated heterocycles. The Kier molecular flexibility index (Phi) is 7.01. The molecule has 52 heavy (non-hydrogen) atoms. The lowest BCUT2D eigenvalue weighted by Crippen LogP contribution is -2.31. The summed E-state index contributed by atoms with van der Waals surface area (Å²) >= 11 is 0. The van der Waals surface area contributed by atoms with Crippen LogP contribution in [0.1, 0.15) is 23.5 Å². The molecule has 0 spiro atoms. The first kappa shape index (κ1) is 30.0. The Morgan fingerprint density at radius 3 is 1.96 bits per heavy atom. The Bertz CT molecular complexity index is 2980. The number of nitriles is 1. The maximum Gasteiger partial charge on any atom is 0.0991 e. The highest BCUT2D eigenvalue weighted by molar-refractivity contribution is 6.10. The zero-order valence-corrected chi connectivity index (χ0v) is 28.4. The van der Waals surface area contributed by atoms with Crippen LogP contribution in [0.15, 0.2) is 170 Å². The minimum Gasteiger partial charge on any atom is -0.310 e. The summed E-state index contributed by atoms with van der Waals surface area (Å²) in [4.78, 5) is 0. The maximum atomic E-state index is 9.54. The van der Waals surface area contributed by atoms with Gasteiger partial charge in [0.25, 0.3) is 0 Å². The van der Waals surface area contributed by atoms with Crippen LogP contribution in [0.2, 0.25) is 0 Å². The molecule has 9 aromatic rings. The first-order valence-corrected chi connectivity index (χ1v) is 17.8. The number of benzene rings is 7. The molecule has 0 fully saturated rings. The predicted molar refractivity (Wildman–Crippen MR) is 215 cm³/mol. The monoisotopic (exact) mass is 663 g/mol. The van der Waals surface area contributed by atoms with Crippen LogP contribution < -0.4 is 10.6 Å². The fourth-order valence-electron chi connectivity index (χ4n) is 8.18. The van der Waals surface area contributed by atoms with Crippen molar-refractivity contribution in [3.63, 3.8) is 0 Å². The largest absolute Gasteiger partial charge is 0.310 e. The number of fused-ring (bicyclic) bond motifs is 6. The van der Waals surface area contributed by atoms with E-state index in [1.54, 1.807) is 0 Å². The van der Waals surface area contributed by atoms with E-state index in [4.69, 9.17) is 0 Å². The van der Waals surface area contributed by atoms with E-state index >= 15 is 0 Å². The minimum atomic E-state index is 0.250. The van der Waals surface area contributed by atoms with Crippen LogP contribution in [0, 0.1) is 11.3 Å². The number of aromatic nitrogens is 2. The molecule has 0 saturated carbocycles. The van der Waals surface area contributed by atoms with E-state index in [2.05, 4.69) is 185 Å². The van der Waals surface area contributed by atoms with Crippen molar-refractivity contribution in [1.82, 2.24) is 9.13 Å². The van der Waals surface area contributed by atoms with E-state index in [0.29, 0.717) is 5.56 Å². The second kappa shape index (κ2) is 12.2. The molecule has 0 bridgehead atoms. The number of rotatable bonds is 5. The van der Waals surface area contributed by atoms with Crippen LogP contribution in [0.4, 0.5) is 0 Å². The van der Waals surface area contributed by atoms with Gasteiger partial charge in [0.15, 0.2) is 0 Å². The van der Waals surface area contributed by atoms with Crippen molar-refractivity contribution in [3.8, 4) is 39.7 Å². The second-order valence-corrected chi connectivity index (χ2v) is 13.6. The Hall–Kier alpha value is -6.89. The first-order valence-electron chi connectivity index (χ1n) is 17.8. The van der Waals surface area contributed by atoms with E-state index < -0.39 is 0 Å². The van der Waals surface area contributed by atoms with Gasteiger partial charge in [-0.1, -0.05) is 115 Å². The van der Waals surface area contributed by atoms with Gasteiger partial charge in [-0.25, -0.2) is 0 Å². The summed E-state index contributed by atoms with van der Waals surface area (Å²) in [6.45, 7) is 0. The quantitative estimate of drug-likeness (QED) is 0.180. The lowest BCUT2D eigenvalue weighted by Gasteiger charge is -2.15. The standard InChI is InChI=1S/C49H33N3/c50-32-33-18-23-41(24-19-33)52-48-27-22-38(37-21-26-47-44(29-37)42-16-7-8-17-46(42)51(47)40-14-5-2-6-15-40)30-45(48)43-25-20-39(31-49(43)52)36-13-9-12-35(28-36)34-10-3-1-4-11-34/h1-20,22-31,37H,21H2. The molecule has 10 rings (SSSR count). The van der Waals surface area contributed by atoms with Gasteiger partial charge in [0, 0.05) is 44.0 Å². The normalized spacial score (nSPS) is 13.8. The summed E-state index contributed by atoms with van der Waals surface area (Å²) in [6, 6.07) is 62.9. The minimum absolute atomic E-state index is 0.250. The third kappa shape index (κ3) is 4.88. The average Bonchev–Trinajstić information content (AvgIpc) is 3.73. The lowest BCUT2D eigenvalue weighted by molar-refractivity contribution is 0.909. The molecule has 0 amide bonds. The third-order valence-electron chi connectivity index (χ3n) is 10.7. The van der Waals surface area contributed by atoms with Crippen molar-refractivity contribution < 1.29 is 0 Å². The highest BCUT2D eigenvalue weighted by atomic mass is 15.0. The Labute approximate surface area is 301 Å². The number of para-hydroxylation sites is 2. The van der Waals surface area contributed by atoms with Crippen LogP contribution in [-0.4, -0.2) is 9.13 Å². The van der Waals surface area contributed by atoms with E-state index in [1.165, 1.54) is 65.7 Å². The highest BCUT2D eigenvalue weighted by Crippen LogP contribution is 2.38. The molecule has 1 aliphatic rings. The summed E-state index contributed by atoms with van der Waals surface area (Å²) < 4.78 is 4.75. The van der Waals surface area contributed by atoms with Gasteiger partial charge in [-0.15, -0.1) is 0 Å². The van der Waals surface area contributed by atoms with Gasteiger partial charge in [0.05, 0.1) is 28.2 Å². The number of nitrogens with zero attached hydrogens (tertiary/aromatic N) is 3. The number of hydrogen-bond acceptors (Lipinski definition) is 1. The Morgan fingerprint density at radius 1 is 0.481 bits per heavy atom. The first-order chi connectivity index (χ1) is 25.7. The topological polar surface area (TPSA) is 33.6 Å². The molecular weight excluding hydrogens is 631 g/mol. The molecular formula is C49H33N3. The fourth-order valence-corrected chi connectivity index (χ4v) is 8.18. The molecule has 1 atom stereocenters. The Balaban J connectivity index is 1.14. The average molecular weight is 664 g/mol. The summed E-state index contributed by atoms with van der Waals surface area (Å²) in [5.41, 5.74) is 12.5. The van der Waals surface area contributed by atoms with Gasteiger partial charge in [0.2, 0.25) is 0 Å². The van der Waals surface area contributed by atoms with Crippen molar-refractivity contribution in [3.05, 3.63) is 192 Å². The van der Waals surface area contributed by atoms with Gasteiger partial charge >= 0.3 is 0 Å². The van der Waals surface area contributed by atoms with Crippen molar-refractivity contribution in [2.24, 2.45) is 0 Å². The van der Waals surface area contributed by atoms with E-state index in [0.717, 1.165) is 23.1 Å². The number of hydrogen-bond donors (Lipinski definition) is 0. The molecule has 244 valence electrons. The zero-order valence-electron chi connectivity index (χ0n) is 28.4. The van der Waals surface area contributed by atoms with Gasteiger partial charge in [-0.2, -0.15) is 5.26 Å². The van der Waals surface area contributed by atoms with E-state index in [1.807, 2.05) is 12.1 Å². The second-order valence-electron chi connectivity index (χ2n) is 13.6. The summed E-state index contributed by atoms with van der Waals surface area (Å²) in [7, 11) is 0. The smallest absolute Gasteiger partial charge is 0.0991 e. The van der Waals surface area contributed by atoms with Crippen molar-refractivity contribution in [2.45, 2.75) is 12.3 Å². The fraction of sp³-hybridized carbons (Fsp3) is 0.0408. The van der Waals surface area contributed by atoms with Gasteiger partial charge < -0.3 is 9.13 Å². The maximum absolute atomic E-state index is 9.54. The zero-order chi connectivity index (χ0) is 34.6. The van der Waals surface area contributed by atoms with Crippen LogP contribution in [0.3, 0.4) is 0 Å². The van der Waals surface area contributed by atoms with Crippen LogP contribution >= 0.6 is 0 Å². The van der Waals surface area contributed by atoms with Crippen molar-refractivity contribution >= 4 is 44.9 Å². The molecule has 3 nitrogen and oxygen atoms in total. The van der Waals surface area contributed by atoms with Gasteiger partial charge in [-0.3, -0.25) is 0 Å². The van der Waals surface area contributed by atoms with Crippen LogP contribution in [0.5, 0.6) is 0 Å². The van der Waals surface area contributed by atoms with Crippen LogP contribution in [-0.2, 0) is 0 Å². The molecule has 1 unspecified atom stereocenters. The molecule has 0 aliphatic heterocycles. The van der Waals surface area contributed by atoms with E-state index in [-0.39, 0.29) is 5.92 Å². The summed E-state index contributed by atoms with van der Waals surface area (Å²) in [5.74, 6) is 0.250. The molecule has 0 radical (unpaired) electrons. The third-order valence-corrected chi connectivity index (χ3v) is 10.7.